The minimum atomic E-state index is -1.15. The second-order valence-corrected chi connectivity index (χ2v) is 8.24. The smallest absolute Gasteiger partial charge is 0.336 e. The van der Waals surface area contributed by atoms with Gasteiger partial charge in [0.1, 0.15) is 16.9 Å². The molecule has 158 valence electrons. The van der Waals surface area contributed by atoms with Gasteiger partial charge < -0.3 is 14.5 Å². The van der Waals surface area contributed by atoms with E-state index < -0.39 is 17.2 Å². The number of urea groups is 1. The number of rotatable bonds is 4. The summed E-state index contributed by atoms with van der Waals surface area (Å²) in [5.74, 6) is 0.206. The van der Waals surface area contributed by atoms with Crippen LogP contribution < -0.4 is 15.7 Å². The van der Waals surface area contributed by atoms with Crippen LogP contribution in [0, 0.1) is 0 Å². The number of benzene rings is 2. The Bertz CT molecular complexity index is 1290. The highest BCUT2D eigenvalue weighted by Gasteiger charge is 2.49. The Labute approximate surface area is 178 Å². The summed E-state index contributed by atoms with van der Waals surface area (Å²) in [5, 5.41) is 3.50. The molecule has 0 spiro atoms. The fourth-order valence-electron chi connectivity index (χ4n) is 4.56. The Morgan fingerprint density at radius 1 is 1.06 bits per heavy atom. The molecule has 1 aliphatic carbocycles. The summed E-state index contributed by atoms with van der Waals surface area (Å²) in [7, 11) is 1.52. The first kappa shape index (κ1) is 19.4. The number of ether oxygens (including phenoxy) is 1. The Morgan fingerprint density at radius 3 is 2.68 bits per heavy atom. The van der Waals surface area contributed by atoms with Crippen molar-refractivity contribution in [3.63, 3.8) is 0 Å². The lowest BCUT2D eigenvalue weighted by molar-refractivity contribution is -0.131. The summed E-state index contributed by atoms with van der Waals surface area (Å²) >= 11 is 0. The van der Waals surface area contributed by atoms with E-state index >= 15 is 0 Å². The van der Waals surface area contributed by atoms with E-state index in [2.05, 4.69) is 5.32 Å². The highest BCUT2D eigenvalue weighted by atomic mass is 16.5. The normalized spacial score (nSPS) is 20.3. The van der Waals surface area contributed by atoms with Crippen LogP contribution >= 0.6 is 0 Å². The number of aryl methyl sites for hydroxylation is 2. The maximum absolute atomic E-state index is 13.4. The zero-order chi connectivity index (χ0) is 21.8. The predicted octanol–water partition coefficient (Wildman–Crippen LogP) is 3.26. The molecule has 1 atom stereocenters. The van der Waals surface area contributed by atoms with Crippen LogP contribution in [-0.2, 0) is 29.7 Å². The summed E-state index contributed by atoms with van der Waals surface area (Å²) in [6.07, 6.45) is 3.14. The van der Waals surface area contributed by atoms with E-state index in [0.29, 0.717) is 22.3 Å². The van der Waals surface area contributed by atoms with Crippen LogP contribution in [0.15, 0.2) is 51.7 Å². The molecule has 2 aliphatic rings. The molecule has 0 unspecified atom stereocenters. The van der Waals surface area contributed by atoms with Crippen molar-refractivity contribution in [2.24, 2.45) is 0 Å². The standard InChI is InChI=1S/C24H22N2O5/c1-24(17-7-6-14-4-3-5-15(14)10-17)22(28)26(23(29)25-24)13-16-11-21(27)31-20-12-18(30-2)8-9-19(16)20/h6-12H,3-5,13H2,1-2H3,(H,25,29)/t24-/m1/s1. The van der Waals surface area contributed by atoms with E-state index in [1.54, 1.807) is 25.1 Å². The summed E-state index contributed by atoms with van der Waals surface area (Å²) in [4.78, 5) is 39.4. The number of nitrogens with zero attached hydrogens (tertiary/aromatic N) is 1. The van der Waals surface area contributed by atoms with Gasteiger partial charge in [0.05, 0.1) is 13.7 Å². The van der Waals surface area contributed by atoms with E-state index in [-0.39, 0.29) is 12.5 Å². The Kier molecular flexibility index (Phi) is 4.36. The summed E-state index contributed by atoms with van der Waals surface area (Å²) in [6, 6.07) is 11.9. The molecule has 3 aromatic rings. The molecule has 7 heteroatoms. The van der Waals surface area contributed by atoms with Crippen molar-refractivity contribution in [3.05, 3.63) is 75.1 Å². The largest absolute Gasteiger partial charge is 0.497 e. The van der Waals surface area contributed by atoms with Gasteiger partial charge in [0.25, 0.3) is 5.91 Å². The van der Waals surface area contributed by atoms with E-state index in [9.17, 15) is 14.4 Å². The van der Waals surface area contributed by atoms with E-state index in [1.807, 2.05) is 18.2 Å². The quantitative estimate of drug-likeness (QED) is 0.519. The first-order valence-electron chi connectivity index (χ1n) is 10.3. The van der Waals surface area contributed by atoms with Crippen molar-refractivity contribution in [1.29, 1.82) is 0 Å². The molecule has 2 heterocycles. The van der Waals surface area contributed by atoms with Crippen molar-refractivity contribution < 1.29 is 18.7 Å². The molecule has 2 aromatic carbocycles. The van der Waals surface area contributed by atoms with Crippen molar-refractivity contribution in [1.82, 2.24) is 10.2 Å². The SMILES string of the molecule is COc1ccc2c(CN3C(=O)N[C@](C)(c4ccc5c(c4)CCC5)C3=O)cc(=O)oc2c1. The molecule has 31 heavy (non-hydrogen) atoms. The van der Waals surface area contributed by atoms with Crippen LogP contribution in [0.25, 0.3) is 11.0 Å². The number of imide groups is 1. The number of hydrogen-bond donors (Lipinski definition) is 1. The maximum atomic E-state index is 13.4. The van der Waals surface area contributed by atoms with Crippen molar-refractivity contribution in [2.45, 2.75) is 38.3 Å². The van der Waals surface area contributed by atoms with E-state index in [0.717, 1.165) is 29.7 Å². The van der Waals surface area contributed by atoms with Gasteiger partial charge >= 0.3 is 11.7 Å². The molecule has 1 N–H and O–H groups in total. The number of amides is 3. The third-order valence-corrected chi connectivity index (χ3v) is 6.32. The monoisotopic (exact) mass is 418 g/mol. The fourth-order valence-corrected chi connectivity index (χ4v) is 4.56. The van der Waals surface area contributed by atoms with Crippen LogP contribution in [-0.4, -0.2) is 23.9 Å². The topological polar surface area (TPSA) is 88.9 Å². The number of hydrogen-bond acceptors (Lipinski definition) is 5. The summed E-state index contributed by atoms with van der Waals surface area (Å²) in [5.41, 5.74) is 2.50. The average molecular weight is 418 g/mol. The Hall–Kier alpha value is -3.61. The Morgan fingerprint density at radius 2 is 1.87 bits per heavy atom. The molecule has 0 saturated carbocycles. The second-order valence-electron chi connectivity index (χ2n) is 8.24. The molecule has 3 amide bonds. The Balaban J connectivity index is 1.50. The molecule has 1 saturated heterocycles. The van der Waals surface area contributed by atoms with Gasteiger partial charge in [-0.05, 0) is 60.6 Å². The molecule has 7 nitrogen and oxygen atoms in total. The minimum Gasteiger partial charge on any atom is -0.497 e. The number of carbonyl (C=O) groups is 2. The molecular weight excluding hydrogens is 396 g/mol. The zero-order valence-electron chi connectivity index (χ0n) is 17.4. The number of methoxy groups -OCH3 is 1. The third-order valence-electron chi connectivity index (χ3n) is 6.32. The predicted molar refractivity (Wildman–Crippen MR) is 114 cm³/mol. The molecular formula is C24H22N2O5. The second kappa shape index (κ2) is 6.97. The van der Waals surface area contributed by atoms with E-state index in [4.69, 9.17) is 9.15 Å². The van der Waals surface area contributed by atoms with Gasteiger partial charge in [0, 0.05) is 17.5 Å². The molecule has 0 bridgehead atoms. The molecule has 1 aliphatic heterocycles. The lowest BCUT2D eigenvalue weighted by Crippen LogP contribution is -2.41. The first-order chi connectivity index (χ1) is 14.9. The zero-order valence-corrected chi connectivity index (χ0v) is 17.4. The minimum absolute atomic E-state index is 0.0281. The van der Waals surface area contributed by atoms with Crippen LogP contribution in [0.3, 0.4) is 0 Å². The van der Waals surface area contributed by atoms with E-state index in [1.165, 1.54) is 24.3 Å². The maximum Gasteiger partial charge on any atom is 0.336 e. The number of nitrogens with one attached hydrogen (secondary N) is 1. The molecule has 0 radical (unpaired) electrons. The van der Waals surface area contributed by atoms with Gasteiger partial charge in [-0.2, -0.15) is 0 Å². The summed E-state index contributed by atoms with van der Waals surface area (Å²) < 4.78 is 10.5. The number of carbonyl (C=O) groups excluding carboxylic acids is 2. The summed E-state index contributed by atoms with van der Waals surface area (Å²) in [6.45, 7) is 1.70. The van der Waals surface area contributed by atoms with Crippen LogP contribution in [0.4, 0.5) is 4.79 Å². The highest BCUT2D eigenvalue weighted by molar-refractivity contribution is 6.07. The van der Waals surface area contributed by atoms with Crippen molar-refractivity contribution in [2.75, 3.05) is 7.11 Å². The third kappa shape index (κ3) is 3.08. The molecule has 1 aromatic heterocycles. The van der Waals surface area contributed by atoms with Gasteiger partial charge in [0.2, 0.25) is 0 Å². The van der Waals surface area contributed by atoms with Crippen LogP contribution in [0.1, 0.15) is 35.6 Å². The lowest BCUT2D eigenvalue weighted by Gasteiger charge is -2.23. The average Bonchev–Trinajstić information content (AvgIpc) is 3.31. The van der Waals surface area contributed by atoms with Gasteiger partial charge in [-0.15, -0.1) is 0 Å². The number of fused-ring (bicyclic) bond motifs is 2. The fraction of sp³-hybridized carbons (Fsp3) is 0.292. The van der Waals surface area contributed by atoms with Crippen LogP contribution in [0.2, 0.25) is 0 Å². The van der Waals surface area contributed by atoms with Crippen LogP contribution in [0.5, 0.6) is 5.75 Å². The van der Waals surface area contributed by atoms with Crippen molar-refractivity contribution in [3.8, 4) is 5.75 Å². The molecule has 5 rings (SSSR count). The van der Waals surface area contributed by atoms with Gasteiger partial charge in [-0.1, -0.05) is 18.2 Å². The lowest BCUT2D eigenvalue weighted by atomic mass is 9.89. The van der Waals surface area contributed by atoms with Gasteiger partial charge in [0.15, 0.2) is 0 Å². The first-order valence-corrected chi connectivity index (χ1v) is 10.3. The van der Waals surface area contributed by atoms with Crippen molar-refractivity contribution >= 4 is 22.9 Å². The van der Waals surface area contributed by atoms with Gasteiger partial charge in [-0.3, -0.25) is 9.69 Å². The van der Waals surface area contributed by atoms with Gasteiger partial charge in [-0.25, -0.2) is 9.59 Å². The highest BCUT2D eigenvalue weighted by Crippen LogP contribution is 2.34. The molecule has 1 fully saturated rings.